The molecule has 0 radical (unpaired) electrons. The van der Waals surface area contributed by atoms with Gasteiger partial charge in [-0.2, -0.15) is 0 Å². The van der Waals surface area contributed by atoms with Crippen LogP contribution in [0.3, 0.4) is 0 Å². The van der Waals surface area contributed by atoms with E-state index in [1.165, 1.54) is 0 Å². The molecule has 0 fully saturated rings. The van der Waals surface area contributed by atoms with Crippen LogP contribution in [0.5, 0.6) is 0 Å². The lowest BCUT2D eigenvalue weighted by Gasteiger charge is -2.13. The molecule has 0 saturated heterocycles. The first-order valence-electron chi connectivity index (χ1n) is 5.07. The van der Waals surface area contributed by atoms with Crippen molar-refractivity contribution < 1.29 is 5.11 Å². The number of aryl methyl sites for hydroxylation is 1. The molecule has 2 aromatic carbocycles. The van der Waals surface area contributed by atoms with Crippen molar-refractivity contribution in [3.8, 4) is 0 Å². The lowest BCUT2D eigenvalue weighted by Crippen LogP contribution is -2.01. The summed E-state index contributed by atoms with van der Waals surface area (Å²) < 4.78 is 0. The second-order valence-corrected chi connectivity index (χ2v) is 3.67. The molecular weight excluding hydrogens is 184 g/mol. The molecule has 0 heterocycles. The van der Waals surface area contributed by atoms with Gasteiger partial charge in [-0.3, -0.25) is 0 Å². The van der Waals surface area contributed by atoms with Gasteiger partial charge in [-0.1, -0.05) is 54.6 Å². The third kappa shape index (κ3) is 2.08. The number of rotatable bonds is 2. The number of aliphatic hydroxyl groups excluding tert-OH is 1. The summed E-state index contributed by atoms with van der Waals surface area (Å²) in [6, 6.07) is 17.6. The van der Waals surface area contributed by atoms with Crippen LogP contribution in [0.2, 0.25) is 0 Å². The van der Waals surface area contributed by atoms with Crippen LogP contribution in [-0.2, 0) is 0 Å². The Hall–Kier alpha value is -1.60. The monoisotopic (exact) mass is 198 g/mol. The second-order valence-electron chi connectivity index (χ2n) is 3.67. The van der Waals surface area contributed by atoms with Crippen LogP contribution in [0.25, 0.3) is 0 Å². The van der Waals surface area contributed by atoms with Gasteiger partial charge < -0.3 is 5.11 Å². The third-order valence-electron chi connectivity index (χ3n) is 2.60. The SMILES string of the molecule is Cc1ccccc1[C@@H](O)c1ccccc1. The molecule has 0 saturated carbocycles. The van der Waals surface area contributed by atoms with E-state index in [9.17, 15) is 5.11 Å². The maximum atomic E-state index is 10.2. The van der Waals surface area contributed by atoms with Crippen molar-refractivity contribution in [2.45, 2.75) is 13.0 Å². The highest BCUT2D eigenvalue weighted by Gasteiger charge is 2.10. The first-order valence-corrected chi connectivity index (χ1v) is 5.07. The van der Waals surface area contributed by atoms with Crippen LogP contribution in [0.1, 0.15) is 22.8 Å². The summed E-state index contributed by atoms with van der Waals surface area (Å²) in [5.41, 5.74) is 3.03. The summed E-state index contributed by atoms with van der Waals surface area (Å²) in [6.45, 7) is 2.02. The smallest absolute Gasteiger partial charge is 0.104 e. The average molecular weight is 198 g/mol. The van der Waals surface area contributed by atoms with E-state index in [1.807, 2.05) is 61.5 Å². The molecule has 0 spiro atoms. The number of benzene rings is 2. The molecule has 2 aromatic rings. The average Bonchev–Trinajstić information content (AvgIpc) is 2.30. The molecule has 0 bridgehead atoms. The van der Waals surface area contributed by atoms with Crippen LogP contribution in [0, 0.1) is 6.92 Å². The number of aliphatic hydroxyl groups is 1. The van der Waals surface area contributed by atoms with Crippen molar-refractivity contribution in [2.75, 3.05) is 0 Å². The molecule has 0 aliphatic heterocycles. The van der Waals surface area contributed by atoms with Crippen molar-refractivity contribution in [3.05, 3.63) is 71.3 Å². The summed E-state index contributed by atoms with van der Waals surface area (Å²) in [7, 11) is 0. The standard InChI is InChI=1S/C14H14O/c1-11-7-5-6-10-13(11)14(15)12-8-3-2-4-9-12/h2-10,14-15H,1H3/t14-/m0/s1. The van der Waals surface area contributed by atoms with Gasteiger partial charge in [0.15, 0.2) is 0 Å². The summed E-state index contributed by atoms with van der Waals surface area (Å²) in [6.07, 6.45) is -0.521. The van der Waals surface area contributed by atoms with E-state index in [-0.39, 0.29) is 0 Å². The lowest BCUT2D eigenvalue weighted by atomic mass is 9.98. The quantitative estimate of drug-likeness (QED) is 0.786. The predicted molar refractivity (Wildman–Crippen MR) is 61.7 cm³/mol. The molecular formula is C14H14O. The van der Waals surface area contributed by atoms with Gasteiger partial charge in [-0.25, -0.2) is 0 Å². The molecule has 0 unspecified atom stereocenters. The van der Waals surface area contributed by atoms with E-state index in [4.69, 9.17) is 0 Å². The Morgan fingerprint density at radius 2 is 1.47 bits per heavy atom. The fourth-order valence-corrected chi connectivity index (χ4v) is 1.71. The van der Waals surface area contributed by atoms with Crippen molar-refractivity contribution in [3.63, 3.8) is 0 Å². The summed E-state index contributed by atoms with van der Waals surface area (Å²) in [5, 5.41) is 10.2. The highest BCUT2D eigenvalue weighted by Crippen LogP contribution is 2.23. The van der Waals surface area contributed by atoms with Gasteiger partial charge in [0.25, 0.3) is 0 Å². The summed E-state index contributed by atoms with van der Waals surface area (Å²) in [5.74, 6) is 0. The zero-order chi connectivity index (χ0) is 10.7. The molecule has 1 atom stereocenters. The molecule has 1 nitrogen and oxygen atoms in total. The Morgan fingerprint density at radius 1 is 0.867 bits per heavy atom. The largest absolute Gasteiger partial charge is 0.384 e. The van der Waals surface area contributed by atoms with Gasteiger partial charge in [0.2, 0.25) is 0 Å². The molecule has 76 valence electrons. The van der Waals surface area contributed by atoms with Crippen molar-refractivity contribution in [1.29, 1.82) is 0 Å². The van der Waals surface area contributed by atoms with E-state index in [2.05, 4.69) is 0 Å². The molecule has 1 N–H and O–H groups in total. The fourth-order valence-electron chi connectivity index (χ4n) is 1.71. The molecule has 0 aliphatic rings. The Kier molecular flexibility index (Phi) is 2.84. The second kappa shape index (κ2) is 4.28. The van der Waals surface area contributed by atoms with Crippen molar-refractivity contribution in [1.82, 2.24) is 0 Å². The van der Waals surface area contributed by atoms with Gasteiger partial charge >= 0.3 is 0 Å². The van der Waals surface area contributed by atoms with E-state index in [1.54, 1.807) is 0 Å². The van der Waals surface area contributed by atoms with Gasteiger partial charge in [0.05, 0.1) is 0 Å². The lowest BCUT2D eigenvalue weighted by molar-refractivity contribution is 0.219. The zero-order valence-corrected chi connectivity index (χ0v) is 8.72. The Bertz CT molecular complexity index is 434. The number of hydrogen-bond donors (Lipinski definition) is 1. The minimum absolute atomic E-state index is 0.521. The number of hydrogen-bond acceptors (Lipinski definition) is 1. The van der Waals surface area contributed by atoms with E-state index in [0.717, 1.165) is 16.7 Å². The van der Waals surface area contributed by atoms with Crippen LogP contribution >= 0.6 is 0 Å². The normalized spacial score (nSPS) is 12.4. The fraction of sp³-hybridized carbons (Fsp3) is 0.143. The van der Waals surface area contributed by atoms with Gasteiger partial charge in [-0.15, -0.1) is 0 Å². The molecule has 0 aliphatic carbocycles. The maximum absolute atomic E-state index is 10.2. The molecule has 0 aromatic heterocycles. The van der Waals surface area contributed by atoms with Crippen LogP contribution in [0.15, 0.2) is 54.6 Å². The van der Waals surface area contributed by atoms with Gasteiger partial charge in [-0.05, 0) is 23.6 Å². The van der Waals surface area contributed by atoms with Crippen LogP contribution in [-0.4, -0.2) is 5.11 Å². The van der Waals surface area contributed by atoms with E-state index in [0.29, 0.717) is 0 Å². The topological polar surface area (TPSA) is 20.2 Å². The first-order chi connectivity index (χ1) is 7.29. The first kappa shape index (κ1) is 9.94. The Labute approximate surface area is 90.0 Å². The summed E-state index contributed by atoms with van der Waals surface area (Å²) >= 11 is 0. The van der Waals surface area contributed by atoms with Crippen LogP contribution < -0.4 is 0 Å². The summed E-state index contributed by atoms with van der Waals surface area (Å²) in [4.78, 5) is 0. The minimum Gasteiger partial charge on any atom is -0.384 e. The molecule has 1 heteroatoms. The highest BCUT2D eigenvalue weighted by molar-refractivity contribution is 5.34. The molecule has 2 rings (SSSR count). The highest BCUT2D eigenvalue weighted by atomic mass is 16.3. The third-order valence-corrected chi connectivity index (χ3v) is 2.60. The Balaban J connectivity index is 2.37. The minimum atomic E-state index is -0.521. The van der Waals surface area contributed by atoms with Crippen molar-refractivity contribution >= 4 is 0 Å². The van der Waals surface area contributed by atoms with Gasteiger partial charge in [0, 0.05) is 0 Å². The predicted octanol–water partition coefficient (Wildman–Crippen LogP) is 3.08. The van der Waals surface area contributed by atoms with Gasteiger partial charge in [0.1, 0.15) is 6.10 Å². The van der Waals surface area contributed by atoms with Crippen molar-refractivity contribution in [2.24, 2.45) is 0 Å². The van der Waals surface area contributed by atoms with E-state index < -0.39 is 6.10 Å². The molecule has 15 heavy (non-hydrogen) atoms. The molecule has 0 amide bonds. The Morgan fingerprint density at radius 3 is 2.13 bits per heavy atom. The maximum Gasteiger partial charge on any atom is 0.104 e. The zero-order valence-electron chi connectivity index (χ0n) is 8.72. The van der Waals surface area contributed by atoms with Crippen LogP contribution in [0.4, 0.5) is 0 Å². The van der Waals surface area contributed by atoms with E-state index >= 15 is 0 Å².